The normalized spacial score (nSPS) is 16.5. The van der Waals surface area contributed by atoms with Crippen LogP contribution < -0.4 is 5.32 Å². The Morgan fingerprint density at radius 2 is 1.94 bits per heavy atom. The molecule has 0 spiro atoms. The lowest BCUT2D eigenvalue weighted by molar-refractivity contribution is 0.0875. The summed E-state index contributed by atoms with van der Waals surface area (Å²) < 4.78 is 17.4. The molecule has 1 fully saturated rings. The van der Waals surface area contributed by atoms with Crippen molar-refractivity contribution in [3.8, 4) is 11.1 Å². The summed E-state index contributed by atoms with van der Waals surface area (Å²) in [5.41, 5.74) is 1.17. The first-order valence-corrected chi connectivity index (χ1v) is 11.6. The molecular weight excluding hydrogens is 401 g/mol. The van der Waals surface area contributed by atoms with Crippen LogP contribution in [0.15, 0.2) is 55.1 Å². The number of benzene rings is 1. The zero-order chi connectivity index (χ0) is 22.7. The largest absolute Gasteiger partial charge is 0.341 e. The fraction of sp³-hybridized carbons (Fsp3) is 0.462. The molecule has 2 aromatic heterocycles. The number of alkyl halides is 1. The molecule has 0 atom stereocenters. The summed E-state index contributed by atoms with van der Waals surface area (Å²) in [6.07, 6.45) is 9.01. The topological polar surface area (TPSA) is 46.0 Å². The van der Waals surface area contributed by atoms with Gasteiger partial charge in [-0.15, -0.1) is 0 Å². The van der Waals surface area contributed by atoms with Crippen molar-refractivity contribution in [2.24, 2.45) is 13.0 Å². The van der Waals surface area contributed by atoms with Gasteiger partial charge in [0.2, 0.25) is 0 Å². The Hall–Kier alpha value is -2.73. The SMILES string of the molecule is C=C(Nc1cc2cc(-c3cnn(C)c3)ccc2cn1)C1(F)CCN(CCCC(C)C)CC1. The van der Waals surface area contributed by atoms with Gasteiger partial charge in [0, 0.05) is 49.2 Å². The molecule has 5 nitrogen and oxygen atoms in total. The second kappa shape index (κ2) is 9.41. The number of pyridine rings is 1. The molecule has 4 rings (SSSR count). The second-order valence-corrected chi connectivity index (χ2v) is 9.48. The van der Waals surface area contributed by atoms with Crippen molar-refractivity contribution in [3.05, 3.63) is 55.1 Å². The highest BCUT2D eigenvalue weighted by Gasteiger charge is 2.37. The van der Waals surface area contributed by atoms with Crippen molar-refractivity contribution in [3.63, 3.8) is 0 Å². The molecule has 0 unspecified atom stereocenters. The molecule has 3 heterocycles. The summed E-state index contributed by atoms with van der Waals surface area (Å²) in [7, 11) is 1.91. The van der Waals surface area contributed by atoms with Crippen molar-refractivity contribution >= 4 is 16.6 Å². The molecule has 0 bridgehead atoms. The number of rotatable bonds is 8. The van der Waals surface area contributed by atoms with Crippen molar-refractivity contribution in [2.75, 3.05) is 25.0 Å². The van der Waals surface area contributed by atoms with E-state index in [0.717, 1.165) is 47.5 Å². The Labute approximate surface area is 190 Å². The number of hydrogen-bond acceptors (Lipinski definition) is 4. The quantitative estimate of drug-likeness (QED) is 0.486. The van der Waals surface area contributed by atoms with Crippen molar-refractivity contribution in [1.29, 1.82) is 0 Å². The average Bonchev–Trinajstić information content (AvgIpc) is 3.21. The molecule has 1 N–H and O–H groups in total. The molecule has 32 heavy (non-hydrogen) atoms. The predicted molar refractivity (Wildman–Crippen MR) is 130 cm³/mol. The van der Waals surface area contributed by atoms with Crippen LogP contribution in [0.2, 0.25) is 0 Å². The molecule has 3 aromatic rings. The third-order valence-electron chi connectivity index (χ3n) is 6.48. The second-order valence-electron chi connectivity index (χ2n) is 9.48. The average molecular weight is 436 g/mol. The van der Waals surface area contributed by atoms with E-state index in [2.05, 4.69) is 58.9 Å². The van der Waals surface area contributed by atoms with E-state index >= 15 is 4.39 Å². The highest BCUT2D eigenvalue weighted by molar-refractivity contribution is 5.88. The number of allylic oxidation sites excluding steroid dienone is 1. The van der Waals surface area contributed by atoms with Crippen LogP contribution in [0.25, 0.3) is 21.9 Å². The van der Waals surface area contributed by atoms with Crippen LogP contribution in [0.1, 0.15) is 39.5 Å². The summed E-state index contributed by atoms with van der Waals surface area (Å²) in [6.45, 7) is 11.1. The summed E-state index contributed by atoms with van der Waals surface area (Å²) in [6, 6.07) is 8.20. The summed E-state index contributed by atoms with van der Waals surface area (Å²) in [5, 5.41) is 9.51. The first-order valence-electron chi connectivity index (χ1n) is 11.6. The van der Waals surface area contributed by atoms with Gasteiger partial charge < -0.3 is 10.2 Å². The molecule has 0 saturated carbocycles. The van der Waals surface area contributed by atoms with Gasteiger partial charge >= 0.3 is 0 Å². The fourth-order valence-corrected chi connectivity index (χ4v) is 4.38. The van der Waals surface area contributed by atoms with Crippen LogP contribution in [0.4, 0.5) is 10.2 Å². The Kier molecular flexibility index (Phi) is 6.60. The van der Waals surface area contributed by atoms with Crippen LogP contribution in [-0.4, -0.2) is 45.0 Å². The van der Waals surface area contributed by atoms with Crippen LogP contribution in [0, 0.1) is 5.92 Å². The van der Waals surface area contributed by atoms with Gasteiger partial charge in [-0.3, -0.25) is 4.68 Å². The lowest BCUT2D eigenvalue weighted by atomic mass is 9.90. The molecule has 1 aliphatic rings. The lowest BCUT2D eigenvalue weighted by Gasteiger charge is -2.37. The van der Waals surface area contributed by atoms with Crippen LogP contribution >= 0.6 is 0 Å². The monoisotopic (exact) mass is 435 g/mol. The molecule has 0 amide bonds. The van der Waals surface area contributed by atoms with Gasteiger partial charge in [0.1, 0.15) is 5.82 Å². The van der Waals surface area contributed by atoms with Crippen LogP contribution in [0.3, 0.4) is 0 Å². The number of aryl methyl sites for hydroxylation is 1. The number of piperidine rings is 1. The summed E-state index contributed by atoms with van der Waals surface area (Å²) >= 11 is 0. The fourth-order valence-electron chi connectivity index (χ4n) is 4.38. The van der Waals surface area contributed by atoms with Gasteiger partial charge in [0.15, 0.2) is 5.67 Å². The van der Waals surface area contributed by atoms with Gasteiger partial charge in [-0.2, -0.15) is 5.10 Å². The molecule has 0 aliphatic carbocycles. The third-order valence-corrected chi connectivity index (χ3v) is 6.48. The van der Waals surface area contributed by atoms with Gasteiger partial charge in [-0.05, 0) is 61.2 Å². The number of fused-ring (bicyclic) bond motifs is 1. The van der Waals surface area contributed by atoms with Gasteiger partial charge in [-0.25, -0.2) is 9.37 Å². The first kappa shape index (κ1) is 22.5. The summed E-state index contributed by atoms with van der Waals surface area (Å²) in [5.74, 6) is 1.35. The van der Waals surface area contributed by atoms with Gasteiger partial charge in [-0.1, -0.05) is 32.6 Å². The molecule has 1 saturated heterocycles. The lowest BCUT2D eigenvalue weighted by Crippen LogP contribution is -2.44. The van der Waals surface area contributed by atoms with E-state index in [9.17, 15) is 0 Å². The third kappa shape index (κ3) is 5.18. The molecular formula is C26H34FN5. The smallest absolute Gasteiger partial charge is 0.152 e. The van der Waals surface area contributed by atoms with E-state index in [4.69, 9.17) is 0 Å². The van der Waals surface area contributed by atoms with E-state index in [1.807, 2.05) is 31.7 Å². The van der Waals surface area contributed by atoms with E-state index in [1.165, 1.54) is 12.8 Å². The predicted octanol–water partition coefficient (Wildman–Crippen LogP) is 5.80. The molecule has 170 valence electrons. The molecule has 0 radical (unpaired) electrons. The van der Waals surface area contributed by atoms with Crippen molar-refractivity contribution in [1.82, 2.24) is 19.7 Å². The Bertz CT molecular complexity index is 1080. The zero-order valence-electron chi connectivity index (χ0n) is 19.4. The van der Waals surface area contributed by atoms with E-state index in [1.54, 1.807) is 4.68 Å². The summed E-state index contributed by atoms with van der Waals surface area (Å²) in [4.78, 5) is 6.86. The highest BCUT2D eigenvalue weighted by Crippen LogP contribution is 2.34. The van der Waals surface area contributed by atoms with E-state index in [0.29, 0.717) is 24.4 Å². The number of likely N-dealkylation sites (tertiary alicyclic amines) is 1. The number of halogens is 1. The van der Waals surface area contributed by atoms with Crippen molar-refractivity contribution in [2.45, 2.75) is 45.2 Å². The molecule has 6 heteroatoms. The van der Waals surface area contributed by atoms with E-state index in [-0.39, 0.29) is 0 Å². The zero-order valence-corrected chi connectivity index (χ0v) is 19.4. The highest BCUT2D eigenvalue weighted by atomic mass is 19.1. The number of nitrogens with zero attached hydrogens (tertiary/aromatic N) is 4. The van der Waals surface area contributed by atoms with Gasteiger partial charge in [0.25, 0.3) is 0 Å². The van der Waals surface area contributed by atoms with Crippen LogP contribution in [-0.2, 0) is 7.05 Å². The number of nitrogens with one attached hydrogen (secondary N) is 1. The minimum Gasteiger partial charge on any atom is -0.341 e. The maximum Gasteiger partial charge on any atom is 0.152 e. The minimum atomic E-state index is -1.40. The van der Waals surface area contributed by atoms with Crippen LogP contribution in [0.5, 0.6) is 0 Å². The number of hydrogen-bond donors (Lipinski definition) is 1. The maximum absolute atomic E-state index is 15.7. The minimum absolute atomic E-state index is 0.412. The molecule has 1 aliphatic heterocycles. The molecule has 1 aromatic carbocycles. The number of anilines is 1. The Balaban J connectivity index is 1.41. The van der Waals surface area contributed by atoms with E-state index < -0.39 is 5.67 Å². The van der Waals surface area contributed by atoms with Crippen molar-refractivity contribution < 1.29 is 4.39 Å². The van der Waals surface area contributed by atoms with Gasteiger partial charge in [0.05, 0.1) is 6.20 Å². The first-order chi connectivity index (χ1) is 15.3. The Morgan fingerprint density at radius 3 is 2.62 bits per heavy atom. The standard InChI is InChI=1S/C26H34FN5/c1-19(2)6-5-11-32-12-9-26(27,10-13-32)20(3)30-25-15-23-14-21(7-8-22(23)16-28-25)24-17-29-31(4)18-24/h7-8,14-19H,3,5-6,9-13H2,1-2,4H3,(H,28,30). The Morgan fingerprint density at radius 1 is 1.16 bits per heavy atom. The number of aromatic nitrogens is 3. The maximum atomic E-state index is 15.7.